The van der Waals surface area contributed by atoms with Crippen molar-refractivity contribution in [2.45, 2.75) is 38.3 Å². The van der Waals surface area contributed by atoms with Crippen LogP contribution in [0.1, 0.15) is 64.3 Å². The number of aromatic nitrogens is 1. The van der Waals surface area contributed by atoms with E-state index in [4.69, 9.17) is 0 Å². The second-order valence-electron chi connectivity index (χ2n) is 9.29. The predicted molar refractivity (Wildman–Crippen MR) is 140 cm³/mol. The molecule has 0 saturated carbocycles. The van der Waals surface area contributed by atoms with E-state index >= 15 is 0 Å². The molecular weight excluding hydrogens is 467 g/mol. The van der Waals surface area contributed by atoms with Gasteiger partial charge >= 0.3 is 0 Å². The Morgan fingerprint density at radius 2 is 2.00 bits per heavy atom. The number of rotatable bonds is 7. The Bertz CT molecular complexity index is 1410. The Labute approximate surface area is 215 Å². The molecule has 1 unspecified atom stereocenters. The lowest BCUT2D eigenvalue weighted by Gasteiger charge is -2.18. The fourth-order valence-electron chi connectivity index (χ4n) is 4.61. The Kier molecular flexibility index (Phi) is 6.95. The topological polar surface area (TPSA) is 102 Å². The van der Waals surface area contributed by atoms with E-state index in [1.54, 1.807) is 12.1 Å². The highest BCUT2D eigenvalue weighted by Crippen LogP contribution is 2.31. The van der Waals surface area contributed by atoms with Crippen LogP contribution in [-0.2, 0) is 6.54 Å². The summed E-state index contributed by atoms with van der Waals surface area (Å²) in [5.41, 5.74) is 4.99. The molecule has 0 saturated heterocycles. The Hall–Kier alpha value is -4.51. The zero-order valence-electron chi connectivity index (χ0n) is 20.5. The van der Waals surface area contributed by atoms with Crippen LogP contribution in [-0.4, -0.2) is 23.7 Å². The largest absolute Gasteiger partial charge is 0.370 e. The number of carbonyl (C=O) groups excluding carboxylic acids is 1. The molecule has 0 aliphatic carbocycles. The molecule has 2 aromatic carbocycles. The minimum absolute atomic E-state index is 0.275. The molecule has 1 amide bonds. The number of aliphatic imine (C=N–C) groups is 1. The van der Waals surface area contributed by atoms with Crippen LogP contribution < -0.4 is 16.0 Å². The first kappa shape index (κ1) is 24.2. The van der Waals surface area contributed by atoms with Crippen LogP contribution >= 0.6 is 0 Å². The summed E-state index contributed by atoms with van der Waals surface area (Å²) in [7, 11) is 0. The lowest BCUT2D eigenvalue weighted by Crippen LogP contribution is -2.28. The molecule has 3 aromatic rings. The SMILES string of the molecule is C[C@H](NC(=O)c1cc(C#N)cnc1NCc1ccc(C2C=NC3=C(CCN3)C2)cc1)c1ccc(F)cc1. The number of nitriles is 1. The van der Waals surface area contributed by atoms with Gasteiger partial charge in [-0.3, -0.25) is 4.79 Å². The second-order valence-corrected chi connectivity index (χ2v) is 9.29. The molecule has 8 heteroatoms. The predicted octanol–water partition coefficient (Wildman–Crippen LogP) is 4.96. The van der Waals surface area contributed by atoms with Gasteiger partial charge in [-0.15, -0.1) is 0 Å². The summed E-state index contributed by atoms with van der Waals surface area (Å²) < 4.78 is 13.3. The molecule has 2 aliphatic rings. The molecule has 1 aromatic heterocycles. The van der Waals surface area contributed by atoms with E-state index in [9.17, 15) is 14.4 Å². The highest BCUT2D eigenvalue weighted by Gasteiger charge is 2.22. The average Bonchev–Trinajstić information content (AvgIpc) is 3.40. The van der Waals surface area contributed by atoms with Crippen molar-refractivity contribution >= 4 is 17.9 Å². The number of amides is 1. The monoisotopic (exact) mass is 494 g/mol. The van der Waals surface area contributed by atoms with Gasteiger partial charge in [-0.25, -0.2) is 14.4 Å². The fourth-order valence-corrected chi connectivity index (χ4v) is 4.61. The van der Waals surface area contributed by atoms with Crippen LogP contribution in [0.15, 0.2) is 77.2 Å². The van der Waals surface area contributed by atoms with Crippen LogP contribution in [0, 0.1) is 17.1 Å². The summed E-state index contributed by atoms with van der Waals surface area (Å²) >= 11 is 0. The highest BCUT2D eigenvalue weighted by molar-refractivity contribution is 5.99. The number of benzene rings is 2. The molecule has 0 fully saturated rings. The van der Waals surface area contributed by atoms with Crippen molar-refractivity contribution in [2.75, 3.05) is 11.9 Å². The van der Waals surface area contributed by atoms with Gasteiger partial charge in [0.05, 0.1) is 17.2 Å². The van der Waals surface area contributed by atoms with Crippen molar-refractivity contribution in [2.24, 2.45) is 4.99 Å². The third-order valence-electron chi connectivity index (χ3n) is 6.75. The smallest absolute Gasteiger partial charge is 0.255 e. The Morgan fingerprint density at radius 1 is 1.22 bits per heavy atom. The van der Waals surface area contributed by atoms with Gasteiger partial charge in [-0.05, 0) is 60.2 Å². The molecule has 2 atom stereocenters. The van der Waals surface area contributed by atoms with Gasteiger partial charge in [0, 0.05) is 31.4 Å². The standard InChI is InChI=1S/C29H27FN6O/c1-18(21-6-8-25(30)9-7-21)36-29(37)26-12-20(14-31)16-34-28(26)33-15-19-2-4-22(5-3-19)24-13-23-10-11-32-27(23)35-17-24/h2-9,12,16-18,24,32H,10-11,13,15H2,1H3,(H,33,34)(H,36,37)/t18-,24?/m0/s1. The molecule has 0 bridgehead atoms. The number of carbonyl (C=O) groups is 1. The summed E-state index contributed by atoms with van der Waals surface area (Å²) in [4.78, 5) is 22.0. The van der Waals surface area contributed by atoms with Crippen molar-refractivity contribution in [3.63, 3.8) is 0 Å². The summed E-state index contributed by atoms with van der Waals surface area (Å²) in [6.07, 6.45) is 5.51. The molecule has 186 valence electrons. The summed E-state index contributed by atoms with van der Waals surface area (Å²) in [5.74, 6) is 1.00. The fraction of sp³-hybridized carbons (Fsp3) is 0.241. The molecule has 7 nitrogen and oxygen atoms in total. The van der Waals surface area contributed by atoms with Gasteiger partial charge in [-0.1, -0.05) is 36.4 Å². The normalized spacial score (nSPS) is 16.9. The van der Waals surface area contributed by atoms with Crippen molar-refractivity contribution in [1.82, 2.24) is 15.6 Å². The quantitative estimate of drug-likeness (QED) is 0.431. The van der Waals surface area contributed by atoms with E-state index in [0.29, 0.717) is 17.9 Å². The molecule has 0 spiro atoms. The van der Waals surface area contributed by atoms with Crippen molar-refractivity contribution in [1.29, 1.82) is 5.26 Å². The van der Waals surface area contributed by atoms with Gasteiger partial charge in [-0.2, -0.15) is 5.26 Å². The summed E-state index contributed by atoms with van der Waals surface area (Å²) in [5, 5.41) is 18.8. The summed E-state index contributed by atoms with van der Waals surface area (Å²) in [6.45, 7) is 3.25. The summed E-state index contributed by atoms with van der Waals surface area (Å²) in [6, 6.07) is 17.5. The van der Waals surface area contributed by atoms with Gasteiger partial charge in [0.1, 0.15) is 23.5 Å². The first-order valence-electron chi connectivity index (χ1n) is 12.3. The maximum absolute atomic E-state index is 13.3. The minimum atomic E-state index is -0.370. The maximum atomic E-state index is 13.3. The molecule has 3 N–H and O–H groups in total. The number of nitrogens with zero attached hydrogens (tertiary/aromatic N) is 3. The highest BCUT2D eigenvalue weighted by atomic mass is 19.1. The number of nitrogens with one attached hydrogen (secondary N) is 3. The van der Waals surface area contributed by atoms with Gasteiger partial charge in [0.25, 0.3) is 5.91 Å². The lowest BCUT2D eigenvalue weighted by atomic mass is 9.90. The third-order valence-corrected chi connectivity index (χ3v) is 6.75. The second kappa shape index (κ2) is 10.6. The zero-order chi connectivity index (χ0) is 25.8. The molecule has 5 rings (SSSR count). The van der Waals surface area contributed by atoms with Crippen LogP contribution in [0.25, 0.3) is 0 Å². The number of hydrogen-bond donors (Lipinski definition) is 3. The van der Waals surface area contributed by atoms with Crippen LogP contribution in [0.5, 0.6) is 0 Å². The van der Waals surface area contributed by atoms with E-state index in [1.165, 1.54) is 35.5 Å². The van der Waals surface area contributed by atoms with E-state index < -0.39 is 0 Å². The lowest BCUT2D eigenvalue weighted by molar-refractivity contribution is 0.0940. The number of hydrogen-bond acceptors (Lipinski definition) is 6. The number of halogens is 1. The Morgan fingerprint density at radius 3 is 2.76 bits per heavy atom. The van der Waals surface area contributed by atoms with E-state index in [-0.39, 0.29) is 29.2 Å². The van der Waals surface area contributed by atoms with Crippen LogP contribution in [0.4, 0.5) is 10.2 Å². The maximum Gasteiger partial charge on any atom is 0.255 e. The van der Waals surface area contributed by atoms with E-state index in [1.807, 2.05) is 19.2 Å². The zero-order valence-corrected chi connectivity index (χ0v) is 20.5. The minimum Gasteiger partial charge on any atom is -0.370 e. The van der Waals surface area contributed by atoms with Gasteiger partial charge in [0.2, 0.25) is 0 Å². The number of anilines is 1. The molecule has 2 aliphatic heterocycles. The number of pyridine rings is 1. The third kappa shape index (κ3) is 5.51. The molecule has 37 heavy (non-hydrogen) atoms. The van der Waals surface area contributed by atoms with Gasteiger partial charge < -0.3 is 16.0 Å². The van der Waals surface area contributed by atoms with E-state index in [2.05, 4.69) is 50.2 Å². The molecule has 0 radical (unpaired) electrons. The molecular formula is C29H27FN6O. The Balaban J connectivity index is 1.26. The molecule has 3 heterocycles. The average molecular weight is 495 g/mol. The van der Waals surface area contributed by atoms with Gasteiger partial charge in [0.15, 0.2) is 0 Å². The van der Waals surface area contributed by atoms with Crippen molar-refractivity contribution in [3.8, 4) is 6.07 Å². The van der Waals surface area contributed by atoms with E-state index in [0.717, 1.165) is 36.3 Å². The van der Waals surface area contributed by atoms with Crippen molar-refractivity contribution in [3.05, 3.63) is 106 Å². The van der Waals surface area contributed by atoms with Crippen LogP contribution in [0.3, 0.4) is 0 Å². The first-order valence-corrected chi connectivity index (χ1v) is 12.3. The van der Waals surface area contributed by atoms with Crippen LogP contribution in [0.2, 0.25) is 0 Å². The van der Waals surface area contributed by atoms with Crippen molar-refractivity contribution < 1.29 is 9.18 Å². The first-order chi connectivity index (χ1) is 18.0.